The lowest BCUT2D eigenvalue weighted by Crippen LogP contribution is -2.29. The van der Waals surface area contributed by atoms with Gasteiger partial charge in [-0.25, -0.2) is 4.98 Å². The quantitative estimate of drug-likeness (QED) is 0.210. The number of allylic oxidation sites excluding steroid dienone is 2. The molecule has 0 spiro atoms. The molecule has 0 fully saturated rings. The molecule has 3 aromatic heterocycles. The molecule has 1 N–H and O–H groups in total. The Morgan fingerprint density at radius 2 is 1.98 bits per heavy atom. The Morgan fingerprint density at radius 3 is 2.65 bits per heavy atom. The lowest BCUT2D eigenvalue weighted by Gasteiger charge is -2.18. The van der Waals surface area contributed by atoms with Gasteiger partial charge in [0.15, 0.2) is 7.28 Å². The molecule has 10 heteroatoms. The summed E-state index contributed by atoms with van der Waals surface area (Å²) in [5.74, 6) is 0.545. The van der Waals surface area contributed by atoms with Gasteiger partial charge in [0.25, 0.3) is 5.56 Å². The van der Waals surface area contributed by atoms with E-state index in [2.05, 4.69) is 16.9 Å². The maximum atomic E-state index is 13.3. The van der Waals surface area contributed by atoms with Crippen molar-refractivity contribution >= 4 is 23.9 Å². The zero-order valence-electron chi connectivity index (χ0n) is 22.8. The molecule has 205 valence electrons. The van der Waals surface area contributed by atoms with Crippen LogP contribution in [0.5, 0.6) is 5.75 Å². The number of aryl methyl sites for hydroxylation is 2. The van der Waals surface area contributed by atoms with Gasteiger partial charge in [-0.1, -0.05) is 37.1 Å². The van der Waals surface area contributed by atoms with E-state index in [1.54, 1.807) is 18.3 Å². The predicted octanol–water partition coefficient (Wildman–Crippen LogP) is 5.88. The zero-order chi connectivity index (χ0) is 29.0. The highest BCUT2D eigenvalue weighted by Crippen LogP contribution is 2.32. The van der Waals surface area contributed by atoms with Crippen LogP contribution in [0, 0.1) is 13.8 Å². The molecule has 0 saturated carbocycles. The molecule has 0 amide bonds. The van der Waals surface area contributed by atoms with Gasteiger partial charge in [-0.05, 0) is 49.7 Å². The number of para-hydroxylation sites is 1. The highest BCUT2D eigenvalue weighted by Gasteiger charge is 2.34. The van der Waals surface area contributed by atoms with Gasteiger partial charge in [0.2, 0.25) is 0 Å². The summed E-state index contributed by atoms with van der Waals surface area (Å²) >= 11 is 0. The molecular weight excluding hydrogens is 516 g/mol. The number of hydrogen-bond donors (Lipinski definition) is 1. The molecule has 40 heavy (non-hydrogen) atoms. The van der Waals surface area contributed by atoms with Gasteiger partial charge in [-0.15, -0.1) is 0 Å². The monoisotopic (exact) mass is 545 g/mol. The topological polar surface area (TPSA) is 69.0 Å². The standard InChI is InChI=1S/C30H29BF3N4O2/c1-6-24(31-4)27(35-5)21-15-19(3)37-28-20(21)9-7-11-26(28)40-17-22-18(2)12-13-36-25(22)16-38-14-8-10-23(29(38)39)30(32,33)34/h6-15,35H,1,16-17H2,2-5H3/b27-24+. The number of rotatable bonds is 9. The van der Waals surface area contributed by atoms with Crippen LogP contribution in [0.1, 0.15) is 33.6 Å². The maximum Gasteiger partial charge on any atom is 0.421 e. The molecule has 1 aromatic carbocycles. The molecule has 1 radical (unpaired) electrons. The Balaban J connectivity index is 1.73. The van der Waals surface area contributed by atoms with Crippen LogP contribution in [0.2, 0.25) is 6.82 Å². The van der Waals surface area contributed by atoms with Crippen molar-refractivity contribution < 1.29 is 17.9 Å². The first-order valence-electron chi connectivity index (χ1n) is 12.7. The van der Waals surface area contributed by atoms with E-state index in [9.17, 15) is 18.0 Å². The summed E-state index contributed by atoms with van der Waals surface area (Å²) in [6.07, 6.45) is -0.0662. The number of alkyl halides is 3. The number of fused-ring (bicyclic) bond motifs is 1. The first-order chi connectivity index (χ1) is 19.1. The van der Waals surface area contributed by atoms with E-state index in [-0.39, 0.29) is 13.2 Å². The summed E-state index contributed by atoms with van der Waals surface area (Å²) in [6, 6.07) is 11.5. The largest absolute Gasteiger partial charge is 0.487 e. The number of nitrogens with zero attached hydrogens (tertiary/aromatic N) is 3. The van der Waals surface area contributed by atoms with Crippen molar-refractivity contribution in [1.82, 2.24) is 19.9 Å². The van der Waals surface area contributed by atoms with Gasteiger partial charge in [0, 0.05) is 47.3 Å². The molecule has 0 aliphatic carbocycles. The summed E-state index contributed by atoms with van der Waals surface area (Å²) in [6.45, 7) is 9.60. The van der Waals surface area contributed by atoms with Gasteiger partial charge in [0.1, 0.15) is 23.4 Å². The van der Waals surface area contributed by atoms with Crippen molar-refractivity contribution in [3.63, 3.8) is 0 Å². The summed E-state index contributed by atoms with van der Waals surface area (Å²) in [5, 5.41) is 4.16. The molecule has 0 bridgehead atoms. The average Bonchev–Trinajstić information content (AvgIpc) is 2.91. The molecule has 4 aromatic rings. The molecule has 0 atom stereocenters. The summed E-state index contributed by atoms with van der Waals surface area (Å²) in [7, 11) is 3.83. The minimum atomic E-state index is -4.74. The normalized spacial score (nSPS) is 12.2. The van der Waals surface area contributed by atoms with E-state index in [4.69, 9.17) is 9.72 Å². The molecule has 3 heterocycles. The van der Waals surface area contributed by atoms with Crippen LogP contribution in [-0.2, 0) is 19.3 Å². The Bertz CT molecular complexity index is 1660. The van der Waals surface area contributed by atoms with E-state index < -0.39 is 17.3 Å². The van der Waals surface area contributed by atoms with Gasteiger partial charge >= 0.3 is 6.18 Å². The second-order valence-electron chi connectivity index (χ2n) is 9.23. The Kier molecular flexibility index (Phi) is 8.47. The Hall–Kier alpha value is -4.34. The van der Waals surface area contributed by atoms with Crippen molar-refractivity contribution in [2.45, 2.75) is 40.0 Å². The molecular formula is C30H29BF3N4O2. The minimum Gasteiger partial charge on any atom is -0.487 e. The third-order valence-electron chi connectivity index (χ3n) is 6.67. The van der Waals surface area contributed by atoms with Crippen LogP contribution < -0.4 is 15.6 Å². The van der Waals surface area contributed by atoms with Crippen LogP contribution in [0.3, 0.4) is 0 Å². The van der Waals surface area contributed by atoms with Crippen LogP contribution in [0.15, 0.2) is 77.8 Å². The Labute approximate surface area is 231 Å². The van der Waals surface area contributed by atoms with E-state index in [0.29, 0.717) is 22.5 Å². The lowest BCUT2D eigenvalue weighted by molar-refractivity contribution is -0.138. The first kappa shape index (κ1) is 28.7. The fraction of sp³-hybridized carbons (Fsp3) is 0.233. The number of nitrogens with one attached hydrogen (secondary N) is 1. The SMILES string of the molecule is C=C/C([B]C)=C(\NC)c1cc(C)nc2c(OCc3c(C)ccnc3Cn3cccc(C(F)(F)F)c3=O)cccc12. The number of ether oxygens (including phenoxy) is 1. The van der Waals surface area contributed by atoms with E-state index in [1.165, 1.54) is 12.3 Å². The van der Waals surface area contributed by atoms with Crippen molar-refractivity contribution in [2.75, 3.05) is 7.05 Å². The molecule has 0 aliphatic heterocycles. The van der Waals surface area contributed by atoms with Crippen LogP contribution >= 0.6 is 0 Å². The molecule has 0 saturated heterocycles. The van der Waals surface area contributed by atoms with Crippen LogP contribution in [0.4, 0.5) is 13.2 Å². The van der Waals surface area contributed by atoms with Crippen LogP contribution in [-0.4, -0.2) is 28.9 Å². The van der Waals surface area contributed by atoms with Gasteiger partial charge in [0.05, 0.1) is 12.2 Å². The fourth-order valence-electron chi connectivity index (χ4n) is 4.64. The van der Waals surface area contributed by atoms with Crippen molar-refractivity contribution in [1.29, 1.82) is 0 Å². The number of benzene rings is 1. The molecule has 6 nitrogen and oxygen atoms in total. The van der Waals surface area contributed by atoms with Gasteiger partial charge in [-0.3, -0.25) is 9.78 Å². The van der Waals surface area contributed by atoms with E-state index in [0.717, 1.165) is 44.0 Å². The molecule has 0 unspecified atom stereocenters. The summed E-state index contributed by atoms with van der Waals surface area (Å²) in [4.78, 5) is 21.7. The average molecular weight is 545 g/mol. The highest BCUT2D eigenvalue weighted by atomic mass is 19.4. The third-order valence-corrected chi connectivity index (χ3v) is 6.67. The fourth-order valence-corrected chi connectivity index (χ4v) is 4.64. The van der Waals surface area contributed by atoms with Crippen molar-refractivity contribution in [3.8, 4) is 5.75 Å². The number of pyridine rings is 3. The van der Waals surface area contributed by atoms with Crippen molar-refractivity contribution in [3.05, 3.63) is 117 Å². The number of hydrogen-bond acceptors (Lipinski definition) is 5. The van der Waals surface area contributed by atoms with Gasteiger partial charge in [-0.2, -0.15) is 13.2 Å². The lowest BCUT2D eigenvalue weighted by atomic mass is 9.70. The summed E-state index contributed by atoms with van der Waals surface area (Å²) < 4.78 is 47.2. The highest BCUT2D eigenvalue weighted by molar-refractivity contribution is 6.47. The maximum absolute atomic E-state index is 13.3. The Morgan fingerprint density at radius 1 is 1.20 bits per heavy atom. The van der Waals surface area contributed by atoms with E-state index >= 15 is 0 Å². The van der Waals surface area contributed by atoms with Crippen molar-refractivity contribution in [2.24, 2.45) is 0 Å². The zero-order valence-corrected chi connectivity index (χ0v) is 22.8. The third kappa shape index (κ3) is 5.80. The smallest absolute Gasteiger partial charge is 0.421 e. The number of halogens is 3. The second kappa shape index (κ2) is 11.8. The molecule has 4 rings (SSSR count). The summed E-state index contributed by atoms with van der Waals surface area (Å²) in [5.41, 5.74) is 3.89. The first-order valence-corrected chi connectivity index (χ1v) is 12.7. The van der Waals surface area contributed by atoms with Crippen LogP contribution in [0.25, 0.3) is 16.6 Å². The number of aromatic nitrogens is 3. The second-order valence-corrected chi connectivity index (χ2v) is 9.23. The van der Waals surface area contributed by atoms with E-state index in [1.807, 2.05) is 59.3 Å². The van der Waals surface area contributed by atoms with Gasteiger partial charge < -0.3 is 14.6 Å². The predicted molar refractivity (Wildman–Crippen MR) is 152 cm³/mol. The minimum absolute atomic E-state index is 0.0855. The molecule has 0 aliphatic rings.